The van der Waals surface area contributed by atoms with Crippen LogP contribution in [0.5, 0.6) is 0 Å². The lowest BCUT2D eigenvalue weighted by molar-refractivity contribution is -0.159. The molecule has 2 amide bonds. The van der Waals surface area contributed by atoms with Gasteiger partial charge in [-0.1, -0.05) is 17.3 Å². The number of hydrogen-bond donors (Lipinski definition) is 3. The van der Waals surface area contributed by atoms with E-state index in [4.69, 9.17) is 5.73 Å². The van der Waals surface area contributed by atoms with Crippen molar-refractivity contribution in [2.24, 2.45) is 10.6 Å². The van der Waals surface area contributed by atoms with Gasteiger partial charge in [-0.15, -0.1) is 23.1 Å². The predicted molar refractivity (Wildman–Crippen MR) is 120 cm³/mol. The first-order chi connectivity index (χ1) is 16.2. The number of hydrogen-bond acceptors (Lipinski definition) is 10. The molecule has 4 heterocycles. The van der Waals surface area contributed by atoms with Crippen LogP contribution >= 0.6 is 23.1 Å². The number of oxime groups is 1. The first-order valence-corrected chi connectivity index (χ1v) is 12.2. The van der Waals surface area contributed by atoms with Crippen molar-refractivity contribution in [1.29, 1.82) is 0 Å². The van der Waals surface area contributed by atoms with E-state index in [0.717, 1.165) is 24.3 Å². The molecule has 1 aromatic heterocycles. The molecule has 2 saturated heterocycles. The molecule has 0 spiro atoms. The zero-order chi connectivity index (χ0) is 24.5. The highest BCUT2D eigenvalue weighted by molar-refractivity contribution is 8.00. The summed E-state index contributed by atoms with van der Waals surface area (Å²) in [5.74, 6) is -2.11. The lowest BCUT2D eigenvalue weighted by Crippen LogP contribution is -2.74. The minimum Gasteiger partial charge on any atom is -0.481 e. The van der Waals surface area contributed by atoms with Crippen molar-refractivity contribution in [1.82, 2.24) is 20.1 Å². The van der Waals surface area contributed by atoms with Gasteiger partial charge >= 0.3 is 12.6 Å². The number of aliphatic carboxylic acids is 1. The fraction of sp³-hybridized carbons (Fsp3) is 0.526. The number of carbonyl (C=O) groups excluding carboxylic acids is 2. The fourth-order valence-corrected chi connectivity index (χ4v) is 6.16. The van der Waals surface area contributed by atoms with E-state index in [-0.39, 0.29) is 23.1 Å². The summed E-state index contributed by atoms with van der Waals surface area (Å²) < 4.78 is 25.0. The summed E-state index contributed by atoms with van der Waals surface area (Å²) in [6.45, 7) is -1.53. The molecule has 0 saturated carbocycles. The summed E-state index contributed by atoms with van der Waals surface area (Å²) in [5.41, 5.74) is 3.81. The molecule has 4 rings (SSSR count). The van der Waals surface area contributed by atoms with Crippen LogP contribution in [-0.2, 0) is 19.2 Å². The van der Waals surface area contributed by atoms with Crippen molar-refractivity contribution in [2.75, 3.05) is 37.7 Å². The van der Waals surface area contributed by atoms with Crippen molar-refractivity contribution in [3.63, 3.8) is 0 Å². The van der Waals surface area contributed by atoms with Crippen molar-refractivity contribution >= 4 is 51.7 Å². The van der Waals surface area contributed by atoms with Gasteiger partial charge in [-0.25, -0.2) is 4.98 Å². The summed E-state index contributed by atoms with van der Waals surface area (Å²) in [6.07, 6.45) is 4.88. The average Bonchev–Trinajstić information content (AvgIpc) is 3.23. The molecule has 0 radical (unpaired) electrons. The molecule has 3 aliphatic rings. The van der Waals surface area contributed by atoms with E-state index in [1.165, 1.54) is 22.0 Å². The van der Waals surface area contributed by atoms with Crippen LogP contribution in [0.1, 0.15) is 12.1 Å². The van der Waals surface area contributed by atoms with E-state index in [1.807, 2.05) is 17.1 Å². The zero-order valence-corrected chi connectivity index (χ0v) is 19.4. The number of fused-ring (bicyclic) bond motifs is 1. The smallest absolute Gasteiger partial charge is 0.407 e. The van der Waals surface area contributed by atoms with Gasteiger partial charge in [-0.2, -0.15) is 8.78 Å². The maximum absolute atomic E-state index is 12.8. The van der Waals surface area contributed by atoms with Crippen LogP contribution in [0.25, 0.3) is 0 Å². The number of carboxylic acids is 1. The second kappa shape index (κ2) is 9.84. The Bertz CT molecular complexity index is 1040. The average molecular weight is 517 g/mol. The molecule has 11 nitrogen and oxygen atoms in total. The maximum Gasteiger partial charge on any atom is 0.407 e. The number of nitrogens with one attached hydrogen (secondary N) is 1. The molecule has 184 valence electrons. The number of nitrogens with two attached hydrogens (primary N) is 1. The lowest BCUT2D eigenvalue weighted by atomic mass is 9.86. The van der Waals surface area contributed by atoms with Gasteiger partial charge in [-0.3, -0.25) is 19.3 Å². The Labute approximate surface area is 201 Å². The molecule has 15 heteroatoms. The second-order valence-corrected chi connectivity index (χ2v) is 10.1. The molecule has 0 aliphatic carbocycles. The van der Waals surface area contributed by atoms with Gasteiger partial charge in [0.15, 0.2) is 10.8 Å². The number of anilines is 1. The topological polar surface area (TPSA) is 150 Å². The number of rotatable bonds is 8. The number of nitrogens with zero attached hydrogens (tertiary/aromatic N) is 4. The lowest BCUT2D eigenvalue weighted by Gasteiger charge is -2.54. The Morgan fingerprint density at radius 2 is 2.24 bits per heavy atom. The van der Waals surface area contributed by atoms with Crippen molar-refractivity contribution in [3.8, 4) is 0 Å². The number of aromatic nitrogens is 1. The van der Waals surface area contributed by atoms with Crippen LogP contribution in [0.4, 0.5) is 13.9 Å². The molecule has 2 fully saturated rings. The van der Waals surface area contributed by atoms with E-state index < -0.39 is 46.9 Å². The van der Waals surface area contributed by atoms with E-state index in [2.05, 4.69) is 20.3 Å². The summed E-state index contributed by atoms with van der Waals surface area (Å²) in [7, 11) is 0. The number of β-lactam (4-membered cyclic amide) rings is 1. The number of alkyl halides is 2. The Morgan fingerprint density at radius 3 is 2.85 bits per heavy atom. The van der Waals surface area contributed by atoms with Crippen molar-refractivity contribution < 1.29 is 33.1 Å². The molecular formula is C19H22F2N6O5S2. The Morgan fingerprint density at radius 1 is 1.44 bits per heavy atom. The predicted octanol–water partition coefficient (Wildman–Crippen LogP) is 0.401. The molecular weight excluding hydrogens is 494 g/mol. The third kappa shape index (κ3) is 4.86. The molecule has 3 aliphatic heterocycles. The minimum absolute atomic E-state index is 0.0173. The SMILES string of the molecule is Nc1nc(C(=NOC(F)F)C(=O)NC2C(=O)N3CC(CN4CC=CCC4)(C(=O)O)CS[C@H]23)cs1. The molecule has 0 bridgehead atoms. The highest BCUT2D eigenvalue weighted by atomic mass is 32.2. The fourth-order valence-electron chi connectivity index (χ4n) is 4.08. The molecule has 4 N–H and O–H groups in total. The van der Waals surface area contributed by atoms with E-state index >= 15 is 0 Å². The van der Waals surface area contributed by atoms with Gasteiger partial charge in [0.05, 0.1) is 0 Å². The number of halogens is 2. The third-order valence-corrected chi connectivity index (χ3v) is 8.02. The summed E-state index contributed by atoms with van der Waals surface area (Å²) in [4.78, 5) is 49.0. The summed E-state index contributed by atoms with van der Waals surface area (Å²) in [6, 6.07) is -0.963. The first kappa shape index (κ1) is 24.3. The number of thiazole rings is 1. The third-order valence-electron chi connectivity index (χ3n) is 5.76. The van der Waals surface area contributed by atoms with Crippen molar-refractivity contribution in [2.45, 2.75) is 24.4 Å². The van der Waals surface area contributed by atoms with Gasteiger partial charge in [0.2, 0.25) is 5.91 Å². The standard InChI is InChI=1S/C19H22F2N6O5S2/c20-17(21)32-25-11(10-6-33-18(22)23-10)13(28)24-12-14(29)27-8-19(16(30)31,9-34-15(12)27)7-26-4-2-1-3-5-26/h1-2,6,12,15,17H,3-5,7-9H2,(H2,22,23)(H,24,28)(H,30,31)/t12?,15-,19?/m1/s1. The van der Waals surface area contributed by atoms with Crippen LogP contribution in [-0.4, -0.2) is 93.3 Å². The Hall–Kier alpha value is -2.78. The first-order valence-electron chi connectivity index (χ1n) is 10.3. The normalized spacial score (nSPS) is 27.3. The number of amides is 2. The number of carboxylic acid groups (broad SMARTS) is 1. The van der Waals surface area contributed by atoms with E-state index in [9.17, 15) is 28.3 Å². The van der Waals surface area contributed by atoms with Gasteiger partial charge in [-0.05, 0) is 6.42 Å². The van der Waals surface area contributed by atoms with E-state index in [1.54, 1.807) is 0 Å². The van der Waals surface area contributed by atoms with Crippen LogP contribution in [0.3, 0.4) is 0 Å². The number of nitrogen functional groups attached to an aromatic ring is 1. The molecule has 34 heavy (non-hydrogen) atoms. The van der Waals surface area contributed by atoms with Gasteiger partial charge in [0.1, 0.15) is 22.5 Å². The monoisotopic (exact) mass is 516 g/mol. The molecule has 0 aromatic carbocycles. The minimum atomic E-state index is -3.26. The number of carbonyl (C=O) groups is 3. The van der Waals surface area contributed by atoms with Crippen molar-refractivity contribution in [3.05, 3.63) is 23.2 Å². The molecule has 2 unspecified atom stereocenters. The summed E-state index contributed by atoms with van der Waals surface area (Å²) in [5, 5.41) is 16.6. The number of thioether (sulfide) groups is 1. The van der Waals surface area contributed by atoms with Crippen LogP contribution in [0.2, 0.25) is 0 Å². The largest absolute Gasteiger partial charge is 0.481 e. The highest BCUT2D eigenvalue weighted by Crippen LogP contribution is 2.42. The second-order valence-electron chi connectivity index (χ2n) is 8.08. The van der Waals surface area contributed by atoms with Gasteiger partial charge < -0.3 is 25.9 Å². The zero-order valence-electron chi connectivity index (χ0n) is 17.7. The van der Waals surface area contributed by atoms with E-state index in [0.29, 0.717) is 13.1 Å². The van der Waals surface area contributed by atoms with Gasteiger partial charge in [0.25, 0.3) is 5.91 Å². The molecule has 3 atom stereocenters. The van der Waals surface area contributed by atoms with Crippen LogP contribution in [0, 0.1) is 5.41 Å². The van der Waals surface area contributed by atoms with Gasteiger partial charge in [0, 0.05) is 37.3 Å². The maximum atomic E-state index is 12.8. The van der Waals surface area contributed by atoms with Crippen LogP contribution < -0.4 is 11.1 Å². The Kier molecular flexibility index (Phi) is 7.04. The molecule has 1 aromatic rings. The summed E-state index contributed by atoms with van der Waals surface area (Å²) >= 11 is 2.24. The highest BCUT2D eigenvalue weighted by Gasteiger charge is 2.58. The Balaban J connectivity index is 1.44. The van der Waals surface area contributed by atoms with Crippen LogP contribution in [0.15, 0.2) is 22.7 Å². The quantitative estimate of drug-likeness (QED) is 0.193.